The van der Waals surface area contributed by atoms with Gasteiger partial charge in [-0.1, -0.05) is 70.2 Å². The molecular weight excluding hydrogens is 777 g/mol. The van der Waals surface area contributed by atoms with Crippen LogP contribution in [0.25, 0.3) is 0 Å². The van der Waals surface area contributed by atoms with E-state index in [-0.39, 0.29) is 29.9 Å². The number of β-lactam (4-membered cyclic amide) rings is 1. The van der Waals surface area contributed by atoms with Gasteiger partial charge in [-0.25, -0.2) is 10.7 Å². The Balaban J connectivity index is 1.25. The van der Waals surface area contributed by atoms with Gasteiger partial charge in [0, 0.05) is 29.8 Å². The van der Waals surface area contributed by atoms with Gasteiger partial charge in [-0.15, -0.1) is 0 Å². The summed E-state index contributed by atoms with van der Waals surface area (Å²) in [5, 5.41) is 23.9. The van der Waals surface area contributed by atoms with Gasteiger partial charge in [0.15, 0.2) is 0 Å². The number of hydrogen-bond acceptors (Lipinski definition) is 11. The monoisotopic (exact) mass is 836 g/mol. The van der Waals surface area contributed by atoms with E-state index in [1.807, 2.05) is 0 Å². The van der Waals surface area contributed by atoms with Crippen LogP contribution in [-0.2, 0) is 9.63 Å². The Morgan fingerprint density at radius 2 is 1.36 bits per heavy atom. The molecule has 0 bridgehead atoms. The highest BCUT2D eigenvalue weighted by Crippen LogP contribution is 2.49. The van der Waals surface area contributed by atoms with Gasteiger partial charge in [0.1, 0.15) is 6.10 Å². The first-order valence-electron chi connectivity index (χ1n) is 21.5. The van der Waals surface area contributed by atoms with Crippen molar-refractivity contribution >= 4 is 35.2 Å². The maximum Gasteiger partial charge on any atom is 0.315 e. The summed E-state index contributed by atoms with van der Waals surface area (Å²) in [6.45, 7) is 14.8. The van der Waals surface area contributed by atoms with Crippen molar-refractivity contribution in [1.29, 1.82) is 0 Å². The molecule has 7 N–H and O–H groups in total. The molecule has 3 aromatic rings. The Kier molecular flexibility index (Phi) is 15.0. The normalized spacial score (nSPS) is 22.3. The molecule has 5 amide bonds. The number of carbonyl (C=O) groups is 5. The van der Waals surface area contributed by atoms with Crippen molar-refractivity contribution in [3.63, 3.8) is 0 Å². The molecule has 2 aliphatic heterocycles. The number of amides is 5. The molecule has 3 aromatic carbocycles. The number of fused-ring (bicyclic) bond motifs is 1. The van der Waals surface area contributed by atoms with E-state index in [0.717, 1.165) is 52.1 Å². The van der Waals surface area contributed by atoms with E-state index < -0.39 is 28.9 Å². The third-order valence-corrected chi connectivity index (χ3v) is 12.4. The van der Waals surface area contributed by atoms with Gasteiger partial charge in [0.2, 0.25) is 11.3 Å². The molecule has 16 heteroatoms. The summed E-state index contributed by atoms with van der Waals surface area (Å²) in [4.78, 5) is 77.4. The topological polar surface area (TPSA) is 212 Å². The highest BCUT2D eigenvalue weighted by molar-refractivity contribution is 6.23. The second-order valence-electron chi connectivity index (χ2n) is 15.9. The molecule has 6 rings (SSSR count). The number of benzene rings is 3. The number of nitrogens with two attached hydrogens (primary N) is 1. The molecule has 1 spiro atoms. The molecule has 326 valence electrons. The zero-order chi connectivity index (χ0) is 43.6. The van der Waals surface area contributed by atoms with Gasteiger partial charge < -0.3 is 36.4 Å². The van der Waals surface area contributed by atoms with E-state index in [9.17, 15) is 24.0 Å². The molecule has 5 atom stereocenters. The average molecular weight is 837 g/mol. The fourth-order valence-corrected chi connectivity index (χ4v) is 8.78. The second kappa shape index (κ2) is 20.3. The fraction of sp³-hybridized carbons (Fsp3) is 0.489. The first-order chi connectivity index (χ1) is 29.5. The van der Waals surface area contributed by atoms with Crippen LogP contribution in [0.2, 0.25) is 0 Å². The summed E-state index contributed by atoms with van der Waals surface area (Å²) >= 11 is 0. The van der Waals surface area contributed by atoms with Gasteiger partial charge in [-0.3, -0.25) is 24.0 Å². The van der Waals surface area contributed by atoms with Crippen LogP contribution in [0.1, 0.15) is 108 Å². The predicted octanol–water partition coefficient (Wildman–Crippen LogP) is 4.40. The van der Waals surface area contributed by atoms with Gasteiger partial charge in [0.05, 0.1) is 23.3 Å². The number of azo groups is 1. The zero-order valence-corrected chi connectivity index (χ0v) is 35.7. The molecule has 5 unspecified atom stereocenters. The highest BCUT2D eigenvalue weighted by atomic mass is 16.6. The van der Waals surface area contributed by atoms with Crippen LogP contribution in [0.4, 0.5) is 10.5 Å². The molecule has 0 radical (unpaired) electrons. The molecule has 16 nitrogen and oxygen atoms in total. The molecular formula is C45H60N10O6. The lowest BCUT2D eigenvalue weighted by atomic mass is 9.57. The van der Waals surface area contributed by atoms with Gasteiger partial charge in [-0.2, -0.15) is 10.2 Å². The Morgan fingerprint density at radius 1 is 0.787 bits per heavy atom. The van der Waals surface area contributed by atoms with Crippen molar-refractivity contribution in [3.05, 3.63) is 101 Å². The fourth-order valence-electron chi connectivity index (χ4n) is 8.78. The summed E-state index contributed by atoms with van der Waals surface area (Å²) in [5.41, 5.74) is -0.548. The SMILES string of the molecule is CCN(CC)CCCNC(=O)c1cc(C(=O)NCCCN(CC)CC)cc(C(ON)c2ccc(N=NC3(C(=O)c4ccccc4)C(=O)NC34CCC3NC(=O)NC3C4)cc2)c1. The van der Waals surface area contributed by atoms with Gasteiger partial charge in [0.25, 0.3) is 17.7 Å². The smallest absolute Gasteiger partial charge is 0.315 e. The van der Waals surface area contributed by atoms with Gasteiger partial charge in [-0.05, 0) is 113 Å². The molecule has 61 heavy (non-hydrogen) atoms. The number of hydrogen-bond donors (Lipinski definition) is 6. The van der Waals surface area contributed by atoms with Crippen molar-refractivity contribution < 1.29 is 28.8 Å². The standard InChI is InChI=1S/C45H60N10O6/c1-5-54(6-2)24-12-22-47-40(57)33-26-32(27-34(28-33)41(58)48-23-13-25-55(7-3)8-4)38(61-46)30-16-18-35(19-17-30)52-53-45(39(56)31-14-10-9-11-15-31)42(59)51-44(45)21-20-36-37(29-44)50-43(60)49-36/h9-11,14-19,26-28,36-38H,5-8,12-13,20-25,29,46H2,1-4H3,(H,47,57)(H,48,58)(H,51,59)(H2,49,50,60). The van der Waals surface area contributed by atoms with Crippen LogP contribution in [0.15, 0.2) is 83.0 Å². The minimum atomic E-state index is -1.86. The van der Waals surface area contributed by atoms with E-state index in [2.05, 4.69) is 74.3 Å². The van der Waals surface area contributed by atoms with Crippen LogP contribution >= 0.6 is 0 Å². The number of ketones is 1. The van der Waals surface area contributed by atoms with Crippen molar-refractivity contribution in [2.24, 2.45) is 16.1 Å². The Bertz CT molecular complexity index is 2010. The van der Waals surface area contributed by atoms with Crippen molar-refractivity contribution in [2.45, 2.75) is 89.1 Å². The molecule has 1 saturated carbocycles. The Labute approximate surface area is 357 Å². The molecule has 2 heterocycles. The van der Waals surface area contributed by atoms with Crippen LogP contribution in [0, 0.1) is 0 Å². The number of rotatable bonds is 21. The second-order valence-corrected chi connectivity index (χ2v) is 15.9. The minimum absolute atomic E-state index is 0.118. The number of carbonyl (C=O) groups excluding carboxylic acids is 5. The van der Waals surface area contributed by atoms with Crippen molar-refractivity contribution in [2.75, 3.05) is 52.4 Å². The predicted molar refractivity (Wildman–Crippen MR) is 231 cm³/mol. The van der Waals surface area contributed by atoms with E-state index in [1.54, 1.807) is 72.8 Å². The van der Waals surface area contributed by atoms with Crippen molar-refractivity contribution in [1.82, 2.24) is 36.4 Å². The van der Waals surface area contributed by atoms with E-state index in [4.69, 9.17) is 10.7 Å². The number of Topliss-reactive ketones (excluding diaryl/α,β-unsaturated/α-hetero) is 1. The number of urea groups is 1. The van der Waals surface area contributed by atoms with Crippen molar-refractivity contribution in [3.8, 4) is 0 Å². The zero-order valence-electron chi connectivity index (χ0n) is 35.7. The Morgan fingerprint density at radius 3 is 1.90 bits per heavy atom. The van der Waals surface area contributed by atoms with Gasteiger partial charge >= 0.3 is 6.03 Å². The first kappa shape index (κ1) is 45.0. The van der Waals surface area contributed by atoms with Crippen LogP contribution in [0.5, 0.6) is 0 Å². The lowest BCUT2D eigenvalue weighted by molar-refractivity contribution is -0.143. The summed E-state index contributed by atoms with van der Waals surface area (Å²) in [5.74, 6) is 4.28. The quantitative estimate of drug-likeness (QED) is 0.0224. The number of nitrogens with zero attached hydrogens (tertiary/aromatic N) is 4. The minimum Gasteiger partial charge on any atom is -0.352 e. The van der Waals surface area contributed by atoms with E-state index in [0.29, 0.717) is 65.9 Å². The molecule has 0 aromatic heterocycles. The third-order valence-electron chi connectivity index (χ3n) is 12.4. The molecule has 3 fully saturated rings. The van der Waals surface area contributed by atoms with Crippen LogP contribution < -0.4 is 32.5 Å². The average Bonchev–Trinajstić information content (AvgIpc) is 3.66. The molecule has 3 aliphatic rings. The van der Waals surface area contributed by atoms with E-state index in [1.165, 1.54) is 0 Å². The maximum absolute atomic E-state index is 14.3. The molecule has 2 saturated heterocycles. The van der Waals surface area contributed by atoms with Crippen LogP contribution in [0.3, 0.4) is 0 Å². The maximum atomic E-state index is 14.3. The first-order valence-corrected chi connectivity index (χ1v) is 21.5. The lowest BCUT2D eigenvalue weighted by Gasteiger charge is -2.57. The third kappa shape index (κ3) is 9.83. The van der Waals surface area contributed by atoms with Crippen LogP contribution in [-0.4, -0.2) is 115 Å². The summed E-state index contributed by atoms with van der Waals surface area (Å²) < 4.78 is 0. The van der Waals surface area contributed by atoms with E-state index >= 15 is 0 Å². The Hall–Kier alpha value is -5.55. The number of nitrogens with one attached hydrogen (secondary N) is 5. The summed E-state index contributed by atoms with van der Waals surface area (Å²) in [7, 11) is 0. The molecule has 1 aliphatic carbocycles. The lowest BCUT2D eigenvalue weighted by Crippen LogP contribution is -2.85. The largest absolute Gasteiger partial charge is 0.352 e. The highest BCUT2D eigenvalue weighted by Gasteiger charge is 2.73. The summed E-state index contributed by atoms with van der Waals surface area (Å²) in [6, 6.07) is 19.6. The summed E-state index contributed by atoms with van der Waals surface area (Å²) in [6.07, 6.45) is 1.92.